The van der Waals surface area contributed by atoms with Crippen LogP contribution < -0.4 is 5.32 Å². The third kappa shape index (κ3) is 11.0. The maximum absolute atomic E-state index is 5.24. The van der Waals surface area contributed by atoms with Crippen LogP contribution in [-0.2, 0) is 4.74 Å². The van der Waals surface area contributed by atoms with Crippen molar-refractivity contribution in [2.24, 2.45) is 11.3 Å². The summed E-state index contributed by atoms with van der Waals surface area (Å²) < 4.78 is 5.24. The second kappa shape index (κ2) is 9.80. The van der Waals surface area contributed by atoms with Crippen molar-refractivity contribution in [1.82, 2.24) is 5.32 Å². The molecule has 0 aromatic heterocycles. The van der Waals surface area contributed by atoms with Gasteiger partial charge in [-0.3, -0.25) is 0 Å². The van der Waals surface area contributed by atoms with Gasteiger partial charge in [0.05, 0.1) is 0 Å². The normalized spacial score (nSPS) is 15.7. The maximum Gasteiger partial charge on any atom is 0.0488 e. The van der Waals surface area contributed by atoms with Gasteiger partial charge in [0, 0.05) is 19.8 Å². The van der Waals surface area contributed by atoms with Gasteiger partial charge in [-0.15, -0.1) is 0 Å². The molecule has 2 atom stereocenters. The van der Waals surface area contributed by atoms with E-state index in [1.807, 2.05) is 0 Å². The molecule has 0 spiro atoms. The van der Waals surface area contributed by atoms with E-state index in [4.69, 9.17) is 4.74 Å². The molecule has 2 heteroatoms. The summed E-state index contributed by atoms with van der Waals surface area (Å²) in [5.41, 5.74) is 0.466. The van der Waals surface area contributed by atoms with Crippen LogP contribution in [0.1, 0.15) is 66.7 Å². The minimum absolute atomic E-state index is 0.466. The molecule has 18 heavy (non-hydrogen) atoms. The van der Waals surface area contributed by atoms with Gasteiger partial charge in [0.15, 0.2) is 0 Å². The highest BCUT2D eigenvalue weighted by Crippen LogP contribution is 2.23. The molecule has 1 N–H and O–H groups in total. The van der Waals surface area contributed by atoms with Crippen molar-refractivity contribution in [3.05, 3.63) is 0 Å². The van der Waals surface area contributed by atoms with Crippen molar-refractivity contribution in [2.45, 2.75) is 72.8 Å². The van der Waals surface area contributed by atoms with Gasteiger partial charge in [0.25, 0.3) is 0 Å². The Morgan fingerprint density at radius 1 is 1.22 bits per heavy atom. The van der Waals surface area contributed by atoms with Crippen molar-refractivity contribution < 1.29 is 4.74 Å². The van der Waals surface area contributed by atoms with Gasteiger partial charge >= 0.3 is 0 Å². The van der Waals surface area contributed by atoms with E-state index in [0.29, 0.717) is 17.4 Å². The first kappa shape index (κ1) is 17.9. The molecule has 0 aliphatic carbocycles. The summed E-state index contributed by atoms with van der Waals surface area (Å²) in [5.74, 6) is 0.652. The smallest absolute Gasteiger partial charge is 0.0488 e. The van der Waals surface area contributed by atoms with Crippen molar-refractivity contribution >= 4 is 0 Å². The lowest BCUT2D eigenvalue weighted by molar-refractivity contribution is 0.147. The van der Waals surface area contributed by atoms with Crippen LogP contribution in [-0.4, -0.2) is 26.3 Å². The number of methoxy groups -OCH3 is 1. The lowest BCUT2D eigenvalue weighted by Crippen LogP contribution is -2.32. The zero-order valence-electron chi connectivity index (χ0n) is 13.5. The minimum Gasteiger partial charge on any atom is -0.384 e. The SMILES string of the molecule is CCCNC(CCCC(C)(C)C)CC(C)COC. The van der Waals surface area contributed by atoms with E-state index in [1.165, 1.54) is 32.1 Å². The van der Waals surface area contributed by atoms with Crippen LogP contribution in [0.2, 0.25) is 0 Å². The Hall–Kier alpha value is -0.0800. The van der Waals surface area contributed by atoms with E-state index in [9.17, 15) is 0 Å². The highest BCUT2D eigenvalue weighted by molar-refractivity contribution is 4.72. The minimum atomic E-state index is 0.466. The summed E-state index contributed by atoms with van der Waals surface area (Å²) in [4.78, 5) is 0. The third-order valence-corrected chi connectivity index (χ3v) is 3.30. The van der Waals surface area contributed by atoms with Crippen LogP contribution in [0, 0.1) is 11.3 Å². The number of hydrogen-bond donors (Lipinski definition) is 1. The maximum atomic E-state index is 5.24. The first-order valence-electron chi connectivity index (χ1n) is 7.61. The zero-order valence-corrected chi connectivity index (χ0v) is 13.5. The molecule has 0 aromatic rings. The molecule has 2 unspecified atom stereocenters. The van der Waals surface area contributed by atoms with Crippen LogP contribution >= 0.6 is 0 Å². The van der Waals surface area contributed by atoms with Crippen molar-refractivity contribution in [3.63, 3.8) is 0 Å². The molecule has 0 aromatic carbocycles. The predicted octanol–water partition coefficient (Wildman–Crippen LogP) is 4.24. The molecule has 0 heterocycles. The molecule has 0 amide bonds. The van der Waals surface area contributed by atoms with Crippen LogP contribution in [0.15, 0.2) is 0 Å². The summed E-state index contributed by atoms with van der Waals surface area (Å²) in [6, 6.07) is 0.664. The number of nitrogens with one attached hydrogen (secondary N) is 1. The van der Waals surface area contributed by atoms with Gasteiger partial charge in [0.1, 0.15) is 0 Å². The van der Waals surface area contributed by atoms with E-state index in [2.05, 4.69) is 39.9 Å². The average molecular weight is 257 g/mol. The Morgan fingerprint density at radius 2 is 1.89 bits per heavy atom. The topological polar surface area (TPSA) is 21.3 Å². The second-order valence-corrected chi connectivity index (χ2v) is 6.90. The number of ether oxygens (including phenoxy) is 1. The fourth-order valence-corrected chi connectivity index (χ4v) is 2.37. The zero-order chi connectivity index (χ0) is 14.0. The van der Waals surface area contributed by atoms with E-state index in [-0.39, 0.29) is 0 Å². The summed E-state index contributed by atoms with van der Waals surface area (Å²) in [7, 11) is 1.80. The molecule has 2 nitrogen and oxygen atoms in total. The standard InChI is InChI=1S/C16H35NO/c1-7-11-17-15(12-14(2)13-18-6)9-8-10-16(3,4)5/h14-15,17H,7-13H2,1-6H3. The Bertz CT molecular complexity index is 186. The Labute approximate surface area is 115 Å². The van der Waals surface area contributed by atoms with Gasteiger partial charge < -0.3 is 10.1 Å². The summed E-state index contributed by atoms with van der Waals surface area (Å²) >= 11 is 0. The molecule has 0 bridgehead atoms. The number of rotatable bonds is 10. The summed E-state index contributed by atoms with van der Waals surface area (Å²) in [5, 5.41) is 3.69. The fraction of sp³-hybridized carbons (Fsp3) is 1.00. The van der Waals surface area contributed by atoms with Crippen LogP contribution in [0.4, 0.5) is 0 Å². The quantitative estimate of drug-likeness (QED) is 0.632. The van der Waals surface area contributed by atoms with Gasteiger partial charge in [-0.1, -0.05) is 41.0 Å². The molecule has 0 aliphatic rings. The van der Waals surface area contributed by atoms with Gasteiger partial charge in [0.2, 0.25) is 0 Å². The molecule has 110 valence electrons. The Morgan fingerprint density at radius 3 is 2.39 bits per heavy atom. The van der Waals surface area contributed by atoms with E-state index in [1.54, 1.807) is 7.11 Å². The van der Waals surface area contributed by atoms with E-state index < -0.39 is 0 Å². The van der Waals surface area contributed by atoms with Crippen molar-refractivity contribution in [2.75, 3.05) is 20.3 Å². The third-order valence-electron chi connectivity index (χ3n) is 3.30. The summed E-state index contributed by atoms with van der Waals surface area (Å²) in [6.45, 7) is 13.5. The lowest BCUT2D eigenvalue weighted by atomic mass is 9.88. The Kier molecular flexibility index (Phi) is 9.76. The highest BCUT2D eigenvalue weighted by Gasteiger charge is 2.15. The van der Waals surface area contributed by atoms with Crippen molar-refractivity contribution in [3.8, 4) is 0 Å². The summed E-state index contributed by atoms with van der Waals surface area (Å²) in [6.07, 6.45) is 6.39. The first-order chi connectivity index (χ1) is 8.39. The van der Waals surface area contributed by atoms with E-state index >= 15 is 0 Å². The van der Waals surface area contributed by atoms with Crippen LogP contribution in [0.5, 0.6) is 0 Å². The molecule has 0 rings (SSSR count). The molecular formula is C16H35NO. The van der Waals surface area contributed by atoms with E-state index in [0.717, 1.165) is 13.2 Å². The molecule has 0 aliphatic heterocycles. The molecular weight excluding hydrogens is 222 g/mol. The van der Waals surface area contributed by atoms with Crippen LogP contribution in [0.3, 0.4) is 0 Å². The monoisotopic (exact) mass is 257 g/mol. The van der Waals surface area contributed by atoms with Crippen LogP contribution in [0.25, 0.3) is 0 Å². The average Bonchev–Trinajstić information content (AvgIpc) is 2.24. The Balaban J connectivity index is 3.98. The van der Waals surface area contributed by atoms with Crippen molar-refractivity contribution in [1.29, 1.82) is 0 Å². The molecule has 0 radical (unpaired) electrons. The van der Waals surface area contributed by atoms with Gasteiger partial charge in [-0.05, 0) is 43.6 Å². The van der Waals surface area contributed by atoms with Gasteiger partial charge in [-0.2, -0.15) is 0 Å². The largest absolute Gasteiger partial charge is 0.384 e. The lowest BCUT2D eigenvalue weighted by Gasteiger charge is -2.24. The highest BCUT2D eigenvalue weighted by atomic mass is 16.5. The molecule has 0 saturated heterocycles. The number of hydrogen-bond acceptors (Lipinski definition) is 2. The predicted molar refractivity (Wildman–Crippen MR) is 81.0 cm³/mol. The van der Waals surface area contributed by atoms with Gasteiger partial charge in [-0.25, -0.2) is 0 Å². The fourth-order valence-electron chi connectivity index (χ4n) is 2.37. The second-order valence-electron chi connectivity index (χ2n) is 6.90. The first-order valence-corrected chi connectivity index (χ1v) is 7.61. The molecule has 0 fully saturated rings. The molecule has 0 saturated carbocycles.